The fourth-order valence-electron chi connectivity index (χ4n) is 1.86. The summed E-state index contributed by atoms with van der Waals surface area (Å²) in [6.45, 7) is 1.87. The summed E-state index contributed by atoms with van der Waals surface area (Å²) in [5, 5.41) is 1.90. The van der Waals surface area contributed by atoms with E-state index in [4.69, 9.17) is 4.74 Å². The van der Waals surface area contributed by atoms with E-state index in [2.05, 4.69) is 15.9 Å². The van der Waals surface area contributed by atoms with Gasteiger partial charge < -0.3 is 9.64 Å². The lowest BCUT2D eigenvalue weighted by Crippen LogP contribution is -2.34. The summed E-state index contributed by atoms with van der Waals surface area (Å²) in [7, 11) is 1.65. The van der Waals surface area contributed by atoms with Crippen molar-refractivity contribution in [3.8, 4) is 0 Å². The molecule has 0 spiro atoms. The maximum atomic E-state index is 12.5. The summed E-state index contributed by atoms with van der Waals surface area (Å²) in [5.74, 6) is 0.0812. The van der Waals surface area contributed by atoms with Gasteiger partial charge in [0.05, 0.1) is 11.5 Å². The van der Waals surface area contributed by atoms with Crippen LogP contribution in [0.15, 0.2) is 30.3 Å². The Hall–Kier alpha value is -0.910. The highest BCUT2D eigenvalue weighted by Crippen LogP contribution is 2.26. The summed E-state index contributed by atoms with van der Waals surface area (Å²) in [6, 6.07) is 10.0. The Morgan fingerprint density at radius 3 is 2.84 bits per heavy atom. The van der Waals surface area contributed by atoms with E-state index in [1.807, 2.05) is 35.2 Å². The van der Waals surface area contributed by atoms with E-state index in [1.165, 1.54) is 0 Å². The standard InChI is InChI=1S/C14H16BrNO2S/c1-18-9-8-16(7-6-15)14(17)13-10-11-4-2-3-5-12(11)19-13/h2-5,10H,6-9H2,1H3. The van der Waals surface area contributed by atoms with Crippen molar-refractivity contribution >= 4 is 43.3 Å². The number of rotatable bonds is 6. The van der Waals surface area contributed by atoms with Crippen LogP contribution in [0.4, 0.5) is 0 Å². The van der Waals surface area contributed by atoms with Crippen LogP contribution < -0.4 is 0 Å². The zero-order valence-corrected chi connectivity index (χ0v) is 13.2. The molecule has 0 N–H and O–H groups in total. The third-order valence-electron chi connectivity index (χ3n) is 2.84. The largest absolute Gasteiger partial charge is 0.383 e. The molecule has 0 bridgehead atoms. The van der Waals surface area contributed by atoms with E-state index in [0.717, 1.165) is 20.3 Å². The first-order valence-corrected chi connectivity index (χ1v) is 8.03. The third kappa shape index (κ3) is 3.55. The normalized spacial score (nSPS) is 10.8. The minimum atomic E-state index is 0.0812. The molecule has 0 fully saturated rings. The Bertz CT molecular complexity index is 522. The van der Waals surface area contributed by atoms with Gasteiger partial charge in [-0.3, -0.25) is 4.79 Å². The zero-order chi connectivity index (χ0) is 13.7. The first-order chi connectivity index (χ1) is 9.26. The molecule has 2 aromatic rings. The maximum Gasteiger partial charge on any atom is 0.264 e. The number of carbonyl (C=O) groups excluding carboxylic acids is 1. The highest BCUT2D eigenvalue weighted by atomic mass is 79.9. The highest BCUT2D eigenvalue weighted by Gasteiger charge is 2.17. The Labute approximate surface area is 125 Å². The number of halogens is 1. The van der Waals surface area contributed by atoms with Crippen molar-refractivity contribution < 1.29 is 9.53 Å². The molecule has 1 amide bonds. The Kier molecular flexibility index (Phi) is 5.36. The molecule has 0 unspecified atom stereocenters. The van der Waals surface area contributed by atoms with Crippen LogP contribution in [0.2, 0.25) is 0 Å². The van der Waals surface area contributed by atoms with Crippen LogP contribution in [-0.4, -0.2) is 42.9 Å². The van der Waals surface area contributed by atoms with Gasteiger partial charge in [0.1, 0.15) is 0 Å². The monoisotopic (exact) mass is 341 g/mol. The summed E-state index contributed by atoms with van der Waals surface area (Å²) >= 11 is 4.93. The Morgan fingerprint density at radius 2 is 2.16 bits per heavy atom. The molecule has 0 saturated heterocycles. The second-order valence-corrected chi connectivity index (χ2v) is 6.00. The number of amides is 1. The van der Waals surface area contributed by atoms with Gasteiger partial charge in [-0.15, -0.1) is 11.3 Å². The maximum absolute atomic E-state index is 12.5. The van der Waals surface area contributed by atoms with Gasteiger partial charge in [-0.2, -0.15) is 0 Å². The molecule has 0 radical (unpaired) electrons. The second-order valence-electron chi connectivity index (χ2n) is 4.12. The topological polar surface area (TPSA) is 29.5 Å². The quantitative estimate of drug-likeness (QED) is 0.753. The van der Waals surface area contributed by atoms with Crippen molar-refractivity contribution in [2.45, 2.75) is 0 Å². The molecule has 1 aromatic carbocycles. The van der Waals surface area contributed by atoms with Crippen molar-refractivity contribution in [3.63, 3.8) is 0 Å². The van der Waals surface area contributed by atoms with Crippen molar-refractivity contribution in [1.29, 1.82) is 0 Å². The van der Waals surface area contributed by atoms with E-state index < -0.39 is 0 Å². The summed E-state index contributed by atoms with van der Waals surface area (Å²) in [4.78, 5) is 15.1. The van der Waals surface area contributed by atoms with Crippen LogP contribution in [0.3, 0.4) is 0 Å². The van der Waals surface area contributed by atoms with Crippen LogP contribution in [0.25, 0.3) is 10.1 Å². The highest BCUT2D eigenvalue weighted by molar-refractivity contribution is 9.09. The SMILES string of the molecule is COCCN(CCBr)C(=O)c1cc2ccccc2s1. The fourth-order valence-corrected chi connectivity index (χ4v) is 3.32. The molecular weight excluding hydrogens is 326 g/mol. The first-order valence-electron chi connectivity index (χ1n) is 6.09. The van der Waals surface area contributed by atoms with Gasteiger partial charge in [0.25, 0.3) is 5.91 Å². The zero-order valence-electron chi connectivity index (χ0n) is 10.8. The summed E-state index contributed by atoms with van der Waals surface area (Å²) < 4.78 is 6.21. The fraction of sp³-hybridized carbons (Fsp3) is 0.357. The van der Waals surface area contributed by atoms with Gasteiger partial charge >= 0.3 is 0 Å². The number of fused-ring (bicyclic) bond motifs is 1. The number of carbonyl (C=O) groups is 1. The van der Waals surface area contributed by atoms with Crippen molar-refractivity contribution in [2.24, 2.45) is 0 Å². The smallest absolute Gasteiger partial charge is 0.264 e. The molecular formula is C14H16BrNO2S. The van der Waals surface area contributed by atoms with E-state index >= 15 is 0 Å². The lowest BCUT2D eigenvalue weighted by Gasteiger charge is -2.20. The molecule has 1 aromatic heterocycles. The van der Waals surface area contributed by atoms with E-state index in [9.17, 15) is 4.79 Å². The summed E-state index contributed by atoms with van der Waals surface area (Å²) in [6.07, 6.45) is 0. The number of benzene rings is 1. The van der Waals surface area contributed by atoms with Gasteiger partial charge in [-0.1, -0.05) is 34.1 Å². The molecule has 19 heavy (non-hydrogen) atoms. The average Bonchev–Trinajstić information content (AvgIpc) is 2.86. The van der Waals surface area contributed by atoms with Gasteiger partial charge in [0.2, 0.25) is 0 Å². The van der Waals surface area contributed by atoms with Crippen molar-refractivity contribution in [1.82, 2.24) is 4.90 Å². The van der Waals surface area contributed by atoms with Crippen LogP contribution in [0.5, 0.6) is 0 Å². The van der Waals surface area contributed by atoms with Gasteiger partial charge in [-0.25, -0.2) is 0 Å². The lowest BCUT2D eigenvalue weighted by atomic mass is 10.2. The van der Waals surface area contributed by atoms with Crippen LogP contribution in [0, 0.1) is 0 Å². The van der Waals surface area contributed by atoms with Crippen LogP contribution >= 0.6 is 27.3 Å². The number of methoxy groups -OCH3 is 1. The van der Waals surface area contributed by atoms with Crippen LogP contribution in [0.1, 0.15) is 9.67 Å². The average molecular weight is 342 g/mol. The van der Waals surface area contributed by atoms with E-state index in [1.54, 1.807) is 18.4 Å². The number of alkyl halides is 1. The number of thiophene rings is 1. The third-order valence-corrected chi connectivity index (χ3v) is 4.30. The molecule has 2 rings (SSSR count). The second kappa shape index (κ2) is 7.03. The van der Waals surface area contributed by atoms with E-state index in [0.29, 0.717) is 19.7 Å². The molecule has 1 heterocycles. The van der Waals surface area contributed by atoms with Crippen molar-refractivity contribution in [2.75, 3.05) is 32.1 Å². The van der Waals surface area contributed by atoms with Crippen molar-refractivity contribution in [3.05, 3.63) is 35.2 Å². The van der Waals surface area contributed by atoms with Gasteiger partial charge in [-0.05, 0) is 17.5 Å². The molecule has 0 aliphatic rings. The first kappa shape index (κ1) is 14.5. The molecule has 0 aliphatic heterocycles. The molecule has 102 valence electrons. The number of nitrogens with zero attached hydrogens (tertiary/aromatic N) is 1. The molecule has 3 nitrogen and oxygen atoms in total. The minimum absolute atomic E-state index is 0.0812. The predicted octanol–water partition coefficient (Wildman–Crippen LogP) is 3.38. The summed E-state index contributed by atoms with van der Waals surface area (Å²) in [5.41, 5.74) is 0. The minimum Gasteiger partial charge on any atom is -0.383 e. The van der Waals surface area contributed by atoms with E-state index in [-0.39, 0.29) is 5.91 Å². The molecule has 0 aliphatic carbocycles. The Balaban J connectivity index is 2.19. The van der Waals surface area contributed by atoms with Crippen LogP contribution in [-0.2, 0) is 4.74 Å². The molecule has 0 saturated carbocycles. The number of hydrogen-bond acceptors (Lipinski definition) is 3. The lowest BCUT2D eigenvalue weighted by molar-refractivity contribution is 0.0713. The van der Waals surface area contributed by atoms with Gasteiger partial charge in [0.15, 0.2) is 0 Å². The molecule has 5 heteroatoms. The predicted molar refractivity (Wildman–Crippen MR) is 83.4 cm³/mol. The Morgan fingerprint density at radius 1 is 1.37 bits per heavy atom. The number of hydrogen-bond donors (Lipinski definition) is 0. The van der Waals surface area contributed by atoms with Gasteiger partial charge in [0, 0.05) is 30.2 Å². The molecule has 0 atom stereocenters. The number of ether oxygens (including phenoxy) is 1.